The number of esters is 4. The zero-order chi connectivity index (χ0) is 56.0. The normalized spacial score (nSPS) is 24.3. The maximum absolute atomic E-state index is 14.8. The van der Waals surface area contributed by atoms with E-state index < -0.39 is 96.1 Å². The van der Waals surface area contributed by atoms with Crippen molar-refractivity contribution in [3.63, 3.8) is 0 Å². The molecule has 0 aliphatic carbocycles. The van der Waals surface area contributed by atoms with Crippen LogP contribution < -0.4 is 0 Å². The third kappa shape index (κ3) is 17.7. The second-order valence-corrected chi connectivity index (χ2v) is 22.6. The number of amides is 4. The summed E-state index contributed by atoms with van der Waals surface area (Å²) >= 11 is 0. The SMILES string of the molecule is CC(C)C[C@H]1C(=O)O[C@H](Cc2ccc(C(C)C)cc2)C(=O)N(C)[C@@H](CC(C)C)C(=O)O[C@H](C)C(=O)N(C)[C@@H](CC(C)C)C(=O)O[C@H](Cc2ccc(C(C)C)cc2)C(=O)N(C)[C@@H](CC(C)C)C(=O)O[C@H](C)C(=O)N1C. The minimum atomic E-state index is -1.49. The average Bonchev–Trinajstić information content (AvgIpc) is 3.32. The minimum Gasteiger partial charge on any atom is -0.451 e. The predicted octanol–water partition coefficient (Wildman–Crippen LogP) is 7.91. The molecule has 8 atom stereocenters. The zero-order valence-corrected chi connectivity index (χ0v) is 47.6. The van der Waals surface area contributed by atoms with Gasteiger partial charge in [-0.25, -0.2) is 19.2 Å². The van der Waals surface area contributed by atoms with Crippen molar-refractivity contribution in [1.29, 1.82) is 0 Å². The number of carbonyl (C=O) groups is 8. The van der Waals surface area contributed by atoms with Crippen LogP contribution in [0.1, 0.15) is 157 Å². The zero-order valence-electron chi connectivity index (χ0n) is 47.6. The van der Waals surface area contributed by atoms with Crippen molar-refractivity contribution in [2.75, 3.05) is 28.2 Å². The fourth-order valence-corrected chi connectivity index (χ4v) is 8.99. The van der Waals surface area contributed by atoms with E-state index in [0.29, 0.717) is 11.1 Å². The fourth-order valence-electron chi connectivity index (χ4n) is 8.99. The van der Waals surface area contributed by atoms with Gasteiger partial charge in [0.05, 0.1) is 0 Å². The Labute approximate surface area is 441 Å². The van der Waals surface area contributed by atoms with Gasteiger partial charge in [-0.2, -0.15) is 0 Å². The lowest BCUT2D eigenvalue weighted by Crippen LogP contribution is -2.55. The molecule has 16 nitrogen and oxygen atoms in total. The summed E-state index contributed by atoms with van der Waals surface area (Å²) in [5, 5.41) is 0. The van der Waals surface area contributed by atoms with Crippen molar-refractivity contribution >= 4 is 47.5 Å². The van der Waals surface area contributed by atoms with Crippen molar-refractivity contribution in [2.24, 2.45) is 23.7 Å². The summed E-state index contributed by atoms with van der Waals surface area (Å²) < 4.78 is 24.1. The van der Waals surface area contributed by atoms with Crippen molar-refractivity contribution in [3.8, 4) is 0 Å². The molecule has 0 radical (unpaired) electrons. The Morgan fingerprint density at radius 1 is 0.365 bits per heavy atom. The van der Waals surface area contributed by atoms with Gasteiger partial charge < -0.3 is 38.5 Å². The standard InChI is InChI=1S/C58H88N4O12/c1-33(2)27-45-55(67)71-39(13)51(63)59(15)48(30-36(7)8)58(70)74-50(32-42-21-25-44(26-22-42)38(11)12)54(66)62(18)46(28-34(3)4)56(68)72-40(14)52(64)60(16)47(29-35(5)6)57(69)73-49(53(65)61(45)17)31-41-19-23-43(24-20-41)37(9)10/h19-26,33-40,45-50H,27-32H2,1-18H3/t39-,40-,45+,46+,47+,48+,49-,50-/m1/s1. The highest BCUT2D eigenvalue weighted by molar-refractivity contribution is 5.94. The van der Waals surface area contributed by atoms with E-state index in [2.05, 4.69) is 27.7 Å². The van der Waals surface area contributed by atoms with Gasteiger partial charge in [0.2, 0.25) is 0 Å². The fraction of sp³-hybridized carbons (Fsp3) is 0.655. The molecule has 1 heterocycles. The van der Waals surface area contributed by atoms with Gasteiger partial charge >= 0.3 is 23.9 Å². The van der Waals surface area contributed by atoms with E-state index in [1.54, 1.807) is 0 Å². The lowest BCUT2D eigenvalue weighted by Gasteiger charge is -2.35. The van der Waals surface area contributed by atoms with Gasteiger partial charge in [0.25, 0.3) is 23.6 Å². The average molecular weight is 1030 g/mol. The molecule has 3 rings (SSSR count). The predicted molar refractivity (Wildman–Crippen MR) is 283 cm³/mol. The minimum absolute atomic E-state index is 0.0847. The lowest BCUT2D eigenvalue weighted by atomic mass is 9.98. The Morgan fingerprint density at radius 3 is 0.824 bits per heavy atom. The molecule has 2 aromatic carbocycles. The number of rotatable bonds is 14. The number of cyclic esters (lactones) is 4. The first kappa shape index (κ1) is 62.5. The summed E-state index contributed by atoms with van der Waals surface area (Å²) in [5.74, 6) is -6.69. The van der Waals surface area contributed by atoms with E-state index in [-0.39, 0.29) is 74.0 Å². The largest absolute Gasteiger partial charge is 0.451 e. The molecule has 4 amide bonds. The lowest BCUT2D eigenvalue weighted by molar-refractivity contribution is -0.176. The molecule has 0 aromatic heterocycles. The van der Waals surface area contributed by atoms with Gasteiger partial charge in [-0.15, -0.1) is 0 Å². The molecule has 1 saturated heterocycles. The van der Waals surface area contributed by atoms with E-state index in [1.807, 2.05) is 104 Å². The smallest absolute Gasteiger partial charge is 0.329 e. The van der Waals surface area contributed by atoms with Crippen molar-refractivity contribution < 1.29 is 57.3 Å². The third-order valence-corrected chi connectivity index (χ3v) is 13.6. The first-order valence-corrected chi connectivity index (χ1v) is 26.5. The van der Waals surface area contributed by atoms with Crippen LogP contribution in [0, 0.1) is 23.7 Å². The summed E-state index contributed by atoms with van der Waals surface area (Å²) in [6.45, 7) is 25.8. The number of nitrogens with zero attached hydrogens (tertiary/aromatic N) is 4. The molecule has 2 aromatic rings. The summed E-state index contributed by atoms with van der Waals surface area (Å²) in [7, 11) is 5.61. The number of benzene rings is 2. The van der Waals surface area contributed by atoms with E-state index in [0.717, 1.165) is 20.9 Å². The second kappa shape index (κ2) is 28.2. The molecule has 412 valence electrons. The maximum Gasteiger partial charge on any atom is 0.329 e. The molecule has 0 spiro atoms. The van der Waals surface area contributed by atoms with Crippen LogP contribution in [0.5, 0.6) is 0 Å². The van der Waals surface area contributed by atoms with Crippen LogP contribution in [0.3, 0.4) is 0 Å². The third-order valence-electron chi connectivity index (χ3n) is 13.6. The van der Waals surface area contributed by atoms with E-state index >= 15 is 0 Å². The monoisotopic (exact) mass is 1030 g/mol. The molecule has 0 N–H and O–H groups in total. The highest BCUT2D eigenvalue weighted by Crippen LogP contribution is 2.25. The van der Waals surface area contributed by atoms with E-state index in [9.17, 15) is 38.4 Å². The first-order valence-electron chi connectivity index (χ1n) is 26.5. The molecule has 0 saturated carbocycles. The van der Waals surface area contributed by atoms with Crippen LogP contribution in [-0.2, 0) is 70.1 Å². The molecule has 1 aliphatic rings. The molecular formula is C58H88N4O12. The van der Waals surface area contributed by atoms with Gasteiger partial charge in [0, 0.05) is 41.0 Å². The van der Waals surface area contributed by atoms with Crippen molar-refractivity contribution in [2.45, 2.75) is 196 Å². The van der Waals surface area contributed by atoms with Crippen molar-refractivity contribution in [1.82, 2.24) is 19.6 Å². The second-order valence-electron chi connectivity index (χ2n) is 22.6. The summed E-state index contributed by atoms with van der Waals surface area (Å²) in [6.07, 6.45) is -5.62. The highest BCUT2D eigenvalue weighted by Gasteiger charge is 2.43. The van der Waals surface area contributed by atoms with Gasteiger partial charge in [-0.05, 0) is 97.3 Å². The first-order chi connectivity index (χ1) is 34.4. The number of hydrogen-bond acceptors (Lipinski definition) is 12. The topological polar surface area (TPSA) is 186 Å². The molecule has 0 unspecified atom stereocenters. The van der Waals surface area contributed by atoms with Crippen LogP contribution in [0.4, 0.5) is 0 Å². The summed E-state index contributed by atoms with van der Waals surface area (Å²) in [6, 6.07) is 10.1. The Morgan fingerprint density at radius 2 is 0.595 bits per heavy atom. The van der Waals surface area contributed by atoms with Crippen LogP contribution in [0.25, 0.3) is 0 Å². The molecule has 0 bridgehead atoms. The summed E-state index contributed by atoms with van der Waals surface area (Å²) in [5.41, 5.74) is 3.44. The van der Waals surface area contributed by atoms with Crippen LogP contribution in [0.2, 0.25) is 0 Å². The van der Waals surface area contributed by atoms with Crippen LogP contribution in [0.15, 0.2) is 48.5 Å². The molecule has 74 heavy (non-hydrogen) atoms. The highest BCUT2D eigenvalue weighted by atomic mass is 16.6. The molecule has 16 heteroatoms. The molecular weight excluding hydrogens is 945 g/mol. The Balaban J connectivity index is 2.28. The molecule has 1 fully saturated rings. The summed E-state index contributed by atoms with van der Waals surface area (Å²) in [4.78, 5) is 121. The maximum atomic E-state index is 14.8. The van der Waals surface area contributed by atoms with Gasteiger partial charge in [-0.1, -0.05) is 132 Å². The number of hydrogen-bond donors (Lipinski definition) is 0. The quantitative estimate of drug-likeness (QED) is 0.132. The Kier molecular flexibility index (Phi) is 23.8. The van der Waals surface area contributed by atoms with Crippen molar-refractivity contribution in [3.05, 3.63) is 70.8 Å². The Bertz CT molecular complexity index is 2050. The number of likely N-dealkylation sites (N-methyl/N-ethyl adjacent to an activating group) is 4. The van der Waals surface area contributed by atoms with E-state index in [4.69, 9.17) is 18.9 Å². The van der Waals surface area contributed by atoms with E-state index in [1.165, 1.54) is 51.8 Å². The van der Waals surface area contributed by atoms with Gasteiger partial charge in [0.15, 0.2) is 24.4 Å². The molecule has 1 aliphatic heterocycles. The number of ether oxygens (including phenoxy) is 4. The van der Waals surface area contributed by atoms with Gasteiger partial charge in [0.1, 0.15) is 24.2 Å². The van der Waals surface area contributed by atoms with Gasteiger partial charge in [-0.3, -0.25) is 19.2 Å². The van der Waals surface area contributed by atoms with Crippen LogP contribution >= 0.6 is 0 Å². The number of carbonyl (C=O) groups excluding carboxylic acids is 8. The Hall–Kier alpha value is -5.80. The van der Waals surface area contributed by atoms with Crippen LogP contribution in [-0.4, -0.2) is 144 Å².